The third-order valence-corrected chi connectivity index (χ3v) is 4.49. The van der Waals surface area contributed by atoms with Gasteiger partial charge in [-0.2, -0.15) is 0 Å². The Hall–Kier alpha value is -2.74. The molecule has 1 atom stereocenters. The number of carbonyl (C=O) groups excluding carboxylic acids is 3. The molecule has 0 aromatic heterocycles. The quantitative estimate of drug-likeness (QED) is 0.585. The number of halogens is 2. The first-order valence-electron chi connectivity index (χ1n) is 9.01. The lowest BCUT2D eigenvalue weighted by atomic mass is 10.0. The van der Waals surface area contributed by atoms with Crippen molar-refractivity contribution < 1.29 is 23.5 Å². The van der Waals surface area contributed by atoms with Gasteiger partial charge in [-0.3, -0.25) is 9.59 Å². The van der Waals surface area contributed by atoms with Crippen LogP contribution in [0.15, 0.2) is 53.0 Å². The fourth-order valence-electron chi connectivity index (χ4n) is 2.51. The highest BCUT2D eigenvalue weighted by Gasteiger charge is 2.26. The average Bonchev–Trinajstić information content (AvgIpc) is 2.67. The van der Waals surface area contributed by atoms with E-state index in [0.717, 1.165) is 5.56 Å². The summed E-state index contributed by atoms with van der Waals surface area (Å²) in [4.78, 5) is 36.5. The van der Waals surface area contributed by atoms with Gasteiger partial charge in [0.05, 0.1) is 12.1 Å². The highest BCUT2D eigenvalue weighted by atomic mass is 79.9. The maximum absolute atomic E-state index is 13.8. The van der Waals surface area contributed by atoms with Crippen LogP contribution in [0.1, 0.15) is 19.4 Å². The largest absolute Gasteiger partial charge is 0.454 e. The van der Waals surface area contributed by atoms with E-state index in [0.29, 0.717) is 4.47 Å². The van der Waals surface area contributed by atoms with Crippen LogP contribution in [0.25, 0.3) is 0 Å². The highest BCUT2D eigenvalue weighted by molar-refractivity contribution is 9.10. The molecule has 2 aromatic rings. The summed E-state index contributed by atoms with van der Waals surface area (Å²) in [5.41, 5.74) is 0.794. The van der Waals surface area contributed by atoms with Crippen molar-refractivity contribution >= 4 is 39.4 Å². The smallest absolute Gasteiger partial charge is 0.329 e. The number of carbonyl (C=O) groups is 3. The summed E-state index contributed by atoms with van der Waals surface area (Å²) in [5.74, 6) is -2.60. The zero-order valence-corrected chi connectivity index (χ0v) is 17.7. The van der Waals surface area contributed by atoms with Crippen LogP contribution in [0, 0.1) is 11.7 Å². The van der Waals surface area contributed by atoms with Crippen molar-refractivity contribution in [1.82, 2.24) is 5.32 Å². The lowest BCUT2D eigenvalue weighted by Gasteiger charge is -2.20. The molecule has 154 valence electrons. The molecule has 29 heavy (non-hydrogen) atoms. The molecule has 0 aliphatic heterocycles. The van der Waals surface area contributed by atoms with Crippen LogP contribution < -0.4 is 10.6 Å². The standard InChI is InChI=1S/C21H22BrFN2O4/c1-13(2)20(25-18(26)10-14-6-4-3-5-7-14)21(28)29-12-19(27)24-17-9-8-15(22)11-16(17)23/h3-9,11,13,20H,10,12H2,1-2H3,(H,24,27)(H,25,26)/t20-/m1/s1. The maximum atomic E-state index is 13.8. The van der Waals surface area contributed by atoms with Gasteiger partial charge in [-0.05, 0) is 29.7 Å². The van der Waals surface area contributed by atoms with Crippen molar-refractivity contribution in [3.8, 4) is 0 Å². The number of anilines is 1. The van der Waals surface area contributed by atoms with Crippen molar-refractivity contribution in [3.63, 3.8) is 0 Å². The van der Waals surface area contributed by atoms with Gasteiger partial charge in [-0.15, -0.1) is 0 Å². The second-order valence-corrected chi connectivity index (χ2v) is 7.65. The van der Waals surface area contributed by atoms with Crippen LogP contribution in [0.2, 0.25) is 0 Å². The van der Waals surface area contributed by atoms with Gasteiger partial charge in [0.15, 0.2) is 6.61 Å². The summed E-state index contributed by atoms with van der Waals surface area (Å²) < 4.78 is 19.3. The molecule has 2 amide bonds. The van der Waals surface area contributed by atoms with Crippen LogP contribution in [-0.2, 0) is 25.5 Å². The van der Waals surface area contributed by atoms with Crippen molar-refractivity contribution in [2.45, 2.75) is 26.3 Å². The second kappa shape index (κ2) is 10.7. The van der Waals surface area contributed by atoms with Gasteiger partial charge in [0.25, 0.3) is 5.91 Å². The van der Waals surface area contributed by atoms with Gasteiger partial charge in [0, 0.05) is 4.47 Å². The summed E-state index contributed by atoms with van der Waals surface area (Å²) in [6.45, 7) is 2.92. The van der Waals surface area contributed by atoms with E-state index in [-0.39, 0.29) is 23.9 Å². The van der Waals surface area contributed by atoms with E-state index >= 15 is 0 Å². The van der Waals surface area contributed by atoms with Crippen LogP contribution in [0.3, 0.4) is 0 Å². The molecular weight excluding hydrogens is 443 g/mol. The first kappa shape index (κ1) is 22.5. The Morgan fingerprint density at radius 2 is 1.76 bits per heavy atom. The second-order valence-electron chi connectivity index (χ2n) is 6.73. The minimum absolute atomic E-state index is 0.0224. The molecule has 2 N–H and O–H groups in total. The Kier molecular flexibility index (Phi) is 8.33. The van der Waals surface area contributed by atoms with Crippen LogP contribution in [0.4, 0.5) is 10.1 Å². The van der Waals surface area contributed by atoms with Crippen LogP contribution >= 0.6 is 15.9 Å². The van der Waals surface area contributed by atoms with Gasteiger partial charge in [-0.1, -0.05) is 60.1 Å². The molecule has 0 spiro atoms. The molecule has 0 bridgehead atoms. The monoisotopic (exact) mass is 464 g/mol. The molecule has 0 unspecified atom stereocenters. The summed E-state index contributed by atoms with van der Waals surface area (Å²) in [6.07, 6.45) is 0.126. The lowest BCUT2D eigenvalue weighted by Crippen LogP contribution is -2.46. The first-order valence-corrected chi connectivity index (χ1v) is 9.80. The van der Waals surface area contributed by atoms with Crippen LogP contribution in [-0.4, -0.2) is 30.4 Å². The van der Waals surface area contributed by atoms with Crippen molar-refractivity contribution in [1.29, 1.82) is 0 Å². The number of benzene rings is 2. The van der Waals surface area contributed by atoms with E-state index < -0.39 is 30.3 Å². The Labute approximate surface area is 177 Å². The molecule has 0 saturated heterocycles. The number of rotatable bonds is 8. The number of amides is 2. The molecular formula is C21H22BrFN2O4. The van der Waals surface area contributed by atoms with Gasteiger partial charge in [0.1, 0.15) is 11.9 Å². The maximum Gasteiger partial charge on any atom is 0.329 e. The highest BCUT2D eigenvalue weighted by Crippen LogP contribution is 2.19. The zero-order valence-electron chi connectivity index (χ0n) is 16.1. The normalized spacial score (nSPS) is 11.6. The molecule has 8 heteroatoms. The lowest BCUT2D eigenvalue weighted by molar-refractivity contribution is -0.151. The number of ether oxygens (including phenoxy) is 1. The molecule has 0 aliphatic rings. The fraction of sp³-hybridized carbons (Fsp3) is 0.286. The number of hydrogen-bond acceptors (Lipinski definition) is 4. The summed E-state index contributed by atoms with van der Waals surface area (Å²) >= 11 is 3.13. The van der Waals surface area contributed by atoms with E-state index in [4.69, 9.17) is 4.74 Å². The molecule has 0 heterocycles. The van der Waals surface area contributed by atoms with E-state index in [2.05, 4.69) is 26.6 Å². The fourth-order valence-corrected chi connectivity index (χ4v) is 2.84. The SMILES string of the molecule is CC(C)[C@@H](NC(=O)Cc1ccccc1)C(=O)OCC(=O)Nc1ccc(Br)cc1F. The predicted molar refractivity (Wildman–Crippen MR) is 111 cm³/mol. The number of esters is 1. The van der Waals surface area contributed by atoms with Crippen LogP contribution in [0.5, 0.6) is 0 Å². The molecule has 2 rings (SSSR count). The zero-order chi connectivity index (χ0) is 21.4. The van der Waals surface area contributed by atoms with E-state index in [1.807, 2.05) is 30.3 Å². The predicted octanol–water partition coefficient (Wildman–Crippen LogP) is 3.45. The summed E-state index contributed by atoms with van der Waals surface area (Å²) in [7, 11) is 0. The number of nitrogens with one attached hydrogen (secondary N) is 2. The van der Waals surface area contributed by atoms with Gasteiger partial charge in [0.2, 0.25) is 5.91 Å². The number of hydrogen-bond donors (Lipinski definition) is 2. The van der Waals surface area contributed by atoms with Crippen molar-refractivity contribution in [2.75, 3.05) is 11.9 Å². The van der Waals surface area contributed by atoms with Gasteiger partial charge < -0.3 is 15.4 Å². The molecule has 0 saturated carbocycles. The summed E-state index contributed by atoms with van der Waals surface area (Å²) in [6, 6.07) is 12.4. The van der Waals surface area contributed by atoms with Gasteiger partial charge in [-0.25, -0.2) is 9.18 Å². The Balaban J connectivity index is 1.88. The Morgan fingerprint density at radius 1 is 1.07 bits per heavy atom. The van der Waals surface area contributed by atoms with E-state index in [9.17, 15) is 18.8 Å². The minimum atomic E-state index is -0.900. The van der Waals surface area contributed by atoms with Crippen molar-refractivity contribution in [3.05, 3.63) is 64.4 Å². The molecule has 0 fully saturated rings. The third kappa shape index (κ3) is 7.30. The minimum Gasteiger partial charge on any atom is -0.454 e. The van der Waals surface area contributed by atoms with E-state index in [1.54, 1.807) is 19.9 Å². The third-order valence-electron chi connectivity index (χ3n) is 4.00. The van der Waals surface area contributed by atoms with Crippen molar-refractivity contribution in [2.24, 2.45) is 5.92 Å². The van der Waals surface area contributed by atoms with Gasteiger partial charge >= 0.3 is 5.97 Å². The molecule has 0 radical (unpaired) electrons. The first-order chi connectivity index (χ1) is 13.8. The molecule has 2 aromatic carbocycles. The molecule has 0 aliphatic carbocycles. The average molecular weight is 465 g/mol. The van der Waals surface area contributed by atoms with E-state index in [1.165, 1.54) is 12.1 Å². The topological polar surface area (TPSA) is 84.5 Å². The Bertz CT molecular complexity index is 874. The molecule has 6 nitrogen and oxygen atoms in total. The summed E-state index contributed by atoms with van der Waals surface area (Å²) in [5, 5.41) is 4.98. The Morgan fingerprint density at radius 3 is 2.38 bits per heavy atom.